The lowest BCUT2D eigenvalue weighted by Gasteiger charge is -2.06. The van der Waals surface area contributed by atoms with E-state index in [1.807, 2.05) is 23.0 Å². The second-order valence-corrected chi connectivity index (χ2v) is 11.4. The van der Waals surface area contributed by atoms with E-state index in [2.05, 4.69) is 0 Å². The van der Waals surface area contributed by atoms with E-state index in [0.717, 1.165) is 42.6 Å². The molecule has 2 aliphatic heterocycles. The Morgan fingerprint density at radius 3 is 1.18 bits per heavy atom. The smallest absolute Gasteiger partial charge is 0.166 e. The van der Waals surface area contributed by atoms with Gasteiger partial charge in [0.15, 0.2) is 0 Å². The molecule has 0 spiro atoms. The Kier molecular flexibility index (Phi) is 7.71. The molecule has 2 aromatic rings. The zero-order valence-corrected chi connectivity index (χ0v) is 20.2. The number of rotatable bonds is 4. The largest absolute Gasteiger partial charge is 0.416 e. The van der Waals surface area contributed by atoms with Gasteiger partial charge >= 0.3 is 12.4 Å². The lowest BCUT2D eigenvalue weighted by molar-refractivity contribution is -0.138. The minimum Gasteiger partial charge on any atom is -0.166 e. The van der Waals surface area contributed by atoms with E-state index in [0.29, 0.717) is 11.1 Å². The van der Waals surface area contributed by atoms with Crippen LogP contribution in [-0.4, -0.2) is 0 Å². The zero-order chi connectivity index (χ0) is 24.3. The summed E-state index contributed by atoms with van der Waals surface area (Å²) in [5.41, 5.74) is 0.0189. The molecule has 4 rings (SSSR count). The van der Waals surface area contributed by atoms with Gasteiger partial charge in [0.25, 0.3) is 0 Å². The van der Waals surface area contributed by atoms with Crippen LogP contribution in [0.4, 0.5) is 26.3 Å². The maximum Gasteiger partial charge on any atom is 0.416 e. The third-order valence-electron chi connectivity index (χ3n) is 4.51. The first-order valence-electron chi connectivity index (χ1n) is 9.62. The number of hydrogen-bond donors (Lipinski definition) is 0. The van der Waals surface area contributed by atoms with E-state index < -0.39 is 23.5 Å². The van der Waals surface area contributed by atoms with Crippen LogP contribution in [0.2, 0.25) is 0 Å². The van der Waals surface area contributed by atoms with Crippen molar-refractivity contribution in [3.05, 3.63) is 112 Å². The van der Waals surface area contributed by atoms with Crippen LogP contribution < -0.4 is 0 Å². The summed E-state index contributed by atoms with van der Waals surface area (Å²) in [4.78, 5) is 1.98. The van der Waals surface area contributed by atoms with Gasteiger partial charge in [0.2, 0.25) is 0 Å². The predicted octanol–water partition coefficient (Wildman–Crippen LogP) is 10.2. The fraction of sp³-hybridized carbons (Fsp3) is 0.0833. The number of benzene rings is 2. The summed E-state index contributed by atoms with van der Waals surface area (Å²) in [6.07, 6.45) is -1.40. The molecule has 0 saturated heterocycles. The molecule has 0 nitrogen and oxygen atoms in total. The molecule has 34 heavy (non-hydrogen) atoms. The summed E-state index contributed by atoms with van der Waals surface area (Å²) in [6, 6.07) is 10.0. The molecule has 0 amide bonds. The number of thioether (sulfide) groups is 4. The number of hydrogen-bond acceptors (Lipinski definition) is 4. The summed E-state index contributed by atoms with van der Waals surface area (Å²) in [6.45, 7) is 0. The molecule has 0 radical (unpaired) electrons. The van der Waals surface area contributed by atoms with Crippen molar-refractivity contribution in [2.45, 2.75) is 12.4 Å². The van der Waals surface area contributed by atoms with Crippen LogP contribution in [0.3, 0.4) is 0 Å². The number of alkyl halides is 6. The van der Waals surface area contributed by atoms with Crippen molar-refractivity contribution in [3.63, 3.8) is 0 Å². The van der Waals surface area contributed by atoms with Crippen LogP contribution in [0.5, 0.6) is 0 Å². The minimum atomic E-state index is -4.35. The molecule has 2 aliphatic rings. The zero-order valence-electron chi connectivity index (χ0n) is 17.0. The predicted molar refractivity (Wildman–Crippen MR) is 135 cm³/mol. The van der Waals surface area contributed by atoms with Crippen LogP contribution >= 0.6 is 47.0 Å². The Bertz CT molecular complexity index is 1100. The maximum atomic E-state index is 12.7. The highest BCUT2D eigenvalue weighted by atomic mass is 32.2. The minimum absolute atomic E-state index is 0.673. The molecule has 0 aromatic heterocycles. The van der Waals surface area contributed by atoms with Crippen LogP contribution in [-0.2, 0) is 12.4 Å². The Morgan fingerprint density at radius 1 is 0.500 bits per heavy atom. The van der Waals surface area contributed by atoms with Gasteiger partial charge in [0, 0.05) is 9.81 Å². The van der Waals surface area contributed by atoms with Crippen molar-refractivity contribution in [1.82, 2.24) is 0 Å². The van der Waals surface area contributed by atoms with Crippen LogP contribution in [0.1, 0.15) is 22.3 Å². The van der Waals surface area contributed by atoms with Gasteiger partial charge in [-0.15, -0.1) is 0 Å². The van der Waals surface area contributed by atoms with Gasteiger partial charge in [0.1, 0.15) is 0 Å². The number of allylic oxidation sites excluding steroid dienone is 2. The van der Waals surface area contributed by atoms with Crippen molar-refractivity contribution >= 4 is 59.2 Å². The molecule has 0 aliphatic carbocycles. The summed E-state index contributed by atoms with van der Waals surface area (Å²) in [5, 5.41) is 3.98. The van der Waals surface area contributed by atoms with E-state index in [4.69, 9.17) is 0 Å². The highest BCUT2D eigenvalue weighted by Crippen LogP contribution is 2.55. The van der Waals surface area contributed by atoms with Crippen molar-refractivity contribution in [3.8, 4) is 0 Å². The van der Waals surface area contributed by atoms with Crippen molar-refractivity contribution in [2.24, 2.45) is 0 Å². The topological polar surface area (TPSA) is 0 Å². The van der Waals surface area contributed by atoms with Crippen molar-refractivity contribution in [1.29, 1.82) is 0 Å². The standard InChI is InChI=1S/C24H14F6S4/c25-23(26,27)17-7-1-15(2-8-17)5-11-19-13-31-21(33-19)22-32-14-20(34-22)12-6-16-3-9-18(10-4-16)24(28,29)30/h1-14H. The van der Waals surface area contributed by atoms with E-state index in [1.54, 1.807) is 59.2 Å². The maximum absolute atomic E-state index is 12.7. The van der Waals surface area contributed by atoms with E-state index in [9.17, 15) is 26.3 Å². The monoisotopic (exact) mass is 544 g/mol. The second kappa shape index (κ2) is 10.4. The molecule has 0 bridgehead atoms. The summed E-state index contributed by atoms with van der Waals surface area (Å²) < 4.78 is 78.2. The molecule has 0 saturated carbocycles. The van der Waals surface area contributed by atoms with Gasteiger partial charge in [0.05, 0.1) is 19.6 Å². The van der Waals surface area contributed by atoms with Crippen LogP contribution in [0.25, 0.3) is 12.2 Å². The van der Waals surface area contributed by atoms with E-state index >= 15 is 0 Å². The summed E-state index contributed by atoms with van der Waals surface area (Å²) in [7, 11) is 0. The van der Waals surface area contributed by atoms with Gasteiger partial charge in [-0.2, -0.15) is 26.3 Å². The van der Waals surface area contributed by atoms with Gasteiger partial charge < -0.3 is 0 Å². The van der Waals surface area contributed by atoms with Gasteiger partial charge in [-0.3, -0.25) is 0 Å². The second-order valence-electron chi connectivity index (χ2n) is 6.96. The van der Waals surface area contributed by atoms with Crippen molar-refractivity contribution < 1.29 is 26.3 Å². The molecular formula is C24H14F6S4. The molecule has 0 fully saturated rings. The first kappa shape index (κ1) is 25.2. The summed E-state index contributed by atoms with van der Waals surface area (Å²) in [5.74, 6) is 0. The first-order valence-corrected chi connectivity index (χ1v) is 13.0. The average molecular weight is 545 g/mol. The Balaban J connectivity index is 1.32. The molecule has 176 valence electrons. The van der Waals surface area contributed by atoms with Crippen LogP contribution in [0, 0.1) is 0 Å². The molecule has 0 unspecified atom stereocenters. The van der Waals surface area contributed by atoms with Gasteiger partial charge in [-0.25, -0.2) is 0 Å². The van der Waals surface area contributed by atoms with E-state index in [-0.39, 0.29) is 0 Å². The molecule has 0 atom stereocenters. The molecule has 2 heterocycles. The third kappa shape index (κ3) is 6.62. The third-order valence-corrected chi connectivity index (χ3v) is 9.74. The van der Waals surface area contributed by atoms with Crippen molar-refractivity contribution in [2.75, 3.05) is 0 Å². The number of halogens is 6. The van der Waals surface area contributed by atoms with Crippen LogP contribution in [0.15, 0.2) is 89.8 Å². The molecule has 2 aromatic carbocycles. The Labute approximate surface area is 209 Å². The van der Waals surface area contributed by atoms with Gasteiger partial charge in [-0.1, -0.05) is 83.5 Å². The molecule has 0 N–H and O–H groups in total. The Morgan fingerprint density at radius 2 is 0.853 bits per heavy atom. The summed E-state index contributed by atoms with van der Waals surface area (Å²) >= 11 is 6.34. The van der Waals surface area contributed by atoms with Gasteiger partial charge in [-0.05, 0) is 58.4 Å². The fourth-order valence-corrected chi connectivity index (χ4v) is 7.45. The highest BCUT2D eigenvalue weighted by Gasteiger charge is 2.30. The fourth-order valence-electron chi connectivity index (χ4n) is 2.78. The quantitative estimate of drug-likeness (QED) is 0.351. The average Bonchev–Trinajstić information content (AvgIpc) is 3.45. The lowest BCUT2D eigenvalue weighted by atomic mass is 10.1. The SMILES string of the molecule is FC(F)(F)c1ccc(C=CC2=CSC(=C3SC=C(C=Cc4ccc(C(F)(F)F)cc4)S3)S2)cc1. The normalized spacial score (nSPS) is 19.4. The highest BCUT2D eigenvalue weighted by molar-refractivity contribution is 8.33. The van der Waals surface area contributed by atoms with E-state index in [1.165, 1.54) is 24.3 Å². The first-order chi connectivity index (χ1) is 16.1. The Hall–Kier alpha value is -1.88. The molecular weight excluding hydrogens is 531 g/mol. The molecule has 10 heteroatoms. The lowest BCUT2D eigenvalue weighted by Crippen LogP contribution is -2.03.